The molecule has 38 heavy (non-hydrogen) atoms. The fraction of sp³-hybridized carbons (Fsp3) is 0.500. The van der Waals surface area contributed by atoms with Gasteiger partial charge in [0.25, 0.3) is 0 Å². The smallest absolute Gasteiger partial charge is 0.242 e. The van der Waals surface area contributed by atoms with Crippen LogP contribution in [0.15, 0.2) is 48.5 Å². The molecule has 0 aromatic heterocycles. The minimum atomic E-state index is -3.58. The Balaban J connectivity index is 1.72. The predicted molar refractivity (Wildman–Crippen MR) is 148 cm³/mol. The Hall–Kier alpha value is -3.27. The summed E-state index contributed by atoms with van der Waals surface area (Å²) in [6.07, 6.45) is 5.62. The van der Waals surface area contributed by atoms with Gasteiger partial charge in [-0.15, -0.1) is 0 Å². The number of ether oxygens (including phenoxy) is 2. The molecule has 0 bridgehead atoms. The minimum Gasteiger partial charge on any atom is -0.497 e. The van der Waals surface area contributed by atoms with Gasteiger partial charge < -0.3 is 19.7 Å². The van der Waals surface area contributed by atoms with Crippen LogP contribution in [0.2, 0.25) is 0 Å². The second kappa shape index (κ2) is 13.5. The molecule has 0 spiro atoms. The van der Waals surface area contributed by atoms with Crippen molar-refractivity contribution < 1.29 is 27.5 Å². The second-order valence-electron chi connectivity index (χ2n) is 9.68. The van der Waals surface area contributed by atoms with Gasteiger partial charge in [-0.25, -0.2) is 8.42 Å². The van der Waals surface area contributed by atoms with Gasteiger partial charge in [0.05, 0.1) is 26.2 Å². The highest BCUT2D eigenvalue weighted by Crippen LogP contribution is 2.24. The van der Waals surface area contributed by atoms with Gasteiger partial charge in [-0.2, -0.15) is 0 Å². The van der Waals surface area contributed by atoms with Gasteiger partial charge >= 0.3 is 0 Å². The van der Waals surface area contributed by atoms with Crippen molar-refractivity contribution in [2.24, 2.45) is 0 Å². The summed E-state index contributed by atoms with van der Waals surface area (Å²) in [6.45, 7) is 2.12. The van der Waals surface area contributed by atoms with E-state index in [9.17, 15) is 18.0 Å². The highest BCUT2D eigenvalue weighted by atomic mass is 32.2. The Labute approximate surface area is 226 Å². The quantitative estimate of drug-likeness (QED) is 0.411. The van der Waals surface area contributed by atoms with E-state index < -0.39 is 16.1 Å². The topological polar surface area (TPSA) is 105 Å². The summed E-state index contributed by atoms with van der Waals surface area (Å²) < 4.78 is 36.8. The lowest BCUT2D eigenvalue weighted by atomic mass is 10.1. The molecular weight excluding hydrogens is 506 g/mol. The Morgan fingerprint density at radius 3 is 2.29 bits per heavy atom. The predicted octanol–water partition coefficient (Wildman–Crippen LogP) is 3.73. The van der Waals surface area contributed by atoms with Crippen molar-refractivity contribution in [1.82, 2.24) is 10.2 Å². The molecule has 1 aliphatic rings. The van der Waals surface area contributed by atoms with Crippen LogP contribution in [0.25, 0.3) is 0 Å². The molecule has 3 rings (SSSR count). The molecule has 1 fully saturated rings. The summed E-state index contributed by atoms with van der Waals surface area (Å²) in [7, 11) is -0.476. The molecular formula is C28H39N3O6S. The van der Waals surface area contributed by atoms with E-state index in [4.69, 9.17) is 9.47 Å². The zero-order chi connectivity index (χ0) is 27.7. The Morgan fingerprint density at radius 2 is 1.68 bits per heavy atom. The molecule has 9 nitrogen and oxygen atoms in total. The van der Waals surface area contributed by atoms with E-state index in [2.05, 4.69) is 5.32 Å². The number of carbonyl (C=O) groups excluding carboxylic acids is 2. The fourth-order valence-corrected chi connectivity index (χ4v) is 5.63. The molecule has 1 N–H and O–H groups in total. The minimum absolute atomic E-state index is 0.0905. The second-order valence-corrected chi connectivity index (χ2v) is 11.6. The van der Waals surface area contributed by atoms with E-state index >= 15 is 0 Å². The van der Waals surface area contributed by atoms with Crippen LogP contribution in [0.1, 0.15) is 51.0 Å². The van der Waals surface area contributed by atoms with Gasteiger partial charge in [-0.3, -0.25) is 13.9 Å². The Bertz CT molecular complexity index is 1180. The molecule has 1 atom stereocenters. The molecule has 2 aromatic rings. The largest absolute Gasteiger partial charge is 0.497 e. The van der Waals surface area contributed by atoms with Crippen LogP contribution in [0.3, 0.4) is 0 Å². The van der Waals surface area contributed by atoms with Crippen molar-refractivity contribution in [1.29, 1.82) is 0 Å². The third-order valence-electron chi connectivity index (χ3n) is 6.87. The summed E-state index contributed by atoms with van der Waals surface area (Å²) in [6, 6.07) is 13.7. The van der Waals surface area contributed by atoms with Crippen LogP contribution >= 0.6 is 0 Å². The van der Waals surface area contributed by atoms with Gasteiger partial charge in [0.2, 0.25) is 21.8 Å². The number of hydrogen-bond acceptors (Lipinski definition) is 6. The van der Waals surface area contributed by atoms with Crippen LogP contribution in [-0.4, -0.2) is 64.2 Å². The monoisotopic (exact) mass is 545 g/mol. The van der Waals surface area contributed by atoms with E-state index in [1.54, 1.807) is 43.2 Å². The number of sulfonamides is 1. The molecule has 2 amide bonds. The SMILES string of the molecule is COc1ccc(CN(C(=O)CCCN(c2cccc(OC)c2)S(C)(=O)=O)C(C)C(=O)NC2CCCC2)cc1. The summed E-state index contributed by atoms with van der Waals surface area (Å²) in [5.74, 6) is 0.860. The molecule has 10 heteroatoms. The van der Waals surface area contributed by atoms with Gasteiger partial charge in [-0.1, -0.05) is 31.0 Å². The lowest BCUT2D eigenvalue weighted by Gasteiger charge is -2.30. The van der Waals surface area contributed by atoms with Crippen molar-refractivity contribution in [3.8, 4) is 11.5 Å². The van der Waals surface area contributed by atoms with E-state index in [0.29, 0.717) is 23.6 Å². The van der Waals surface area contributed by atoms with Crippen LogP contribution < -0.4 is 19.1 Å². The first-order valence-electron chi connectivity index (χ1n) is 13.0. The van der Waals surface area contributed by atoms with Crippen molar-refractivity contribution in [3.05, 3.63) is 54.1 Å². The summed E-state index contributed by atoms with van der Waals surface area (Å²) in [5.41, 5.74) is 1.34. The number of anilines is 1. The third-order valence-corrected chi connectivity index (χ3v) is 8.07. The Kier molecular flexibility index (Phi) is 10.4. The maximum Gasteiger partial charge on any atom is 0.242 e. The standard InChI is InChI=1S/C28H39N3O6S/c1-21(28(33)29-23-9-5-6-10-23)30(20-22-14-16-25(36-2)17-15-22)27(32)13-8-18-31(38(4,34)35)24-11-7-12-26(19-24)37-3/h7,11-12,14-17,19,21,23H,5-6,8-10,13,18,20H2,1-4H3,(H,29,33). The number of nitrogens with one attached hydrogen (secondary N) is 1. The summed E-state index contributed by atoms with van der Waals surface area (Å²) in [5, 5.41) is 3.09. The average Bonchev–Trinajstić information content (AvgIpc) is 3.41. The van der Waals surface area contributed by atoms with Crippen molar-refractivity contribution >= 4 is 27.5 Å². The first-order chi connectivity index (χ1) is 18.1. The fourth-order valence-electron chi connectivity index (χ4n) is 4.67. The maximum atomic E-state index is 13.5. The molecule has 2 aromatic carbocycles. The average molecular weight is 546 g/mol. The molecule has 208 valence electrons. The van der Waals surface area contributed by atoms with Gasteiger partial charge in [-0.05, 0) is 56.0 Å². The van der Waals surface area contributed by atoms with Gasteiger partial charge in [0, 0.05) is 31.6 Å². The zero-order valence-corrected chi connectivity index (χ0v) is 23.5. The highest BCUT2D eigenvalue weighted by molar-refractivity contribution is 7.92. The molecule has 1 saturated carbocycles. The van der Waals surface area contributed by atoms with Crippen LogP contribution in [0.4, 0.5) is 5.69 Å². The number of methoxy groups -OCH3 is 2. The molecule has 0 aliphatic heterocycles. The van der Waals surface area contributed by atoms with Crippen molar-refractivity contribution in [3.63, 3.8) is 0 Å². The summed E-state index contributed by atoms with van der Waals surface area (Å²) in [4.78, 5) is 28.1. The number of amides is 2. The Morgan fingerprint density at radius 1 is 1.03 bits per heavy atom. The van der Waals surface area contributed by atoms with Crippen molar-refractivity contribution in [2.45, 2.75) is 64.1 Å². The van der Waals surface area contributed by atoms with Crippen LogP contribution in [0, 0.1) is 0 Å². The lowest BCUT2D eigenvalue weighted by molar-refractivity contribution is -0.141. The van der Waals surface area contributed by atoms with Gasteiger partial charge in [0.1, 0.15) is 17.5 Å². The third kappa shape index (κ3) is 8.11. The number of nitrogens with zero attached hydrogens (tertiary/aromatic N) is 2. The van der Waals surface area contributed by atoms with Crippen LogP contribution in [0.5, 0.6) is 11.5 Å². The first-order valence-corrected chi connectivity index (χ1v) is 14.8. The zero-order valence-electron chi connectivity index (χ0n) is 22.7. The van der Waals surface area contributed by atoms with Crippen molar-refractivity contribution in [2.75, 3.05) is 31.3 Å². The maximum absolute atomic E-state index is 13.5. The van der Waals surface area contributed by atoms with E-state index in [-0.39, 0.29) is 37.4 Å². The van der Waals surface area contributed by atoms with E-state index in [1.165, 1.54) is 11.4 Å². The first kappa shape index (κ1) is 29.3. The van der Waals surface area contributed by atoms with Crippen LogP contribution in [-0.2, 0) is 26.2 Å². The molecule has 1 unspecified atom stereocenters. The molecule has 0 radical (unpaired) electrons. The number of rotatable bonds is 13. The normalized spacial score (nSPS) is 14.5. The number of hydrogen-bond donors (Lipinski definition) is 1. The summed E-state index contributed by atoms with van der Waals surface area (Å²) >= 11 is 0. The highest BCUT2D eigenvalue weighted by Gasteiger charge is 2.28. The molecule has 0 heterocycles. The van der Waals surface area contributed by atoms with Gasteiger partial charge in [0.15, 0.2) is 0 Å². The molecule has 1 aliphatic carbocycles. The van der Waals surface area contributed by atoms with E-state index in [0.717, 1.165) is 37.5 Å². The number of carbonyl (C=O) groups is 2. The lowest BCUT2D eigenvalue weighted by Crippen LogP contribution is -2.49. The molecule has 0 saturated heterocycles. The van der Waals surface area contributed by atoms with E-state index in [1.807, 2.05) is 24.3 Å². The number of benzene rings is 2.